The highest BCUT2D eigenvalue weighted by Crippen LogP contribution is 2.22. The van der Waals surface area contributed by atoms with Gasteiger partial charge in [-0.25, -0.2) is 0 Å². The predicted molar refractivity (Wildman–Crippen MR) is 80.4 cm³/mol. The molecule has 3 rings (SSSR count). The molecule has 0 bridgehead atoms. The van der Waals surface area contributed by atoms with E-state index in [0.29, 0.717) is 11.3 Å². The molecule has 0 saturated carbocycles. The molecular weight excluding hydrogens is 264 g/mol. The van der Waals surface area contributed by atoms with Crippen LogP contribution in [0.15, 0.2) is 58.7 Å². The van der Waals surface area contributed by atoms with Crippen LogP contribution < -0.4 is 5.32 Å². The standard InChI is InChI=1S/C16H10N4O/c17-9-11-5-7-12(8-6-11)10-18-20-15-13-3-1-2-4-14(13)19-16(15)21/h1-8,10H,(H,19,20,21)/b18-10+. The second-order valence-corrected chi connectivity index (χ2v) is 4.43. The Hall–Kier alpha value is -3.26. The van der Waals surface area contributed by atoms with Crippen molar-refractivity contribution in [3.05, 3.63) is 65.2 Å². The molecule has 0 saturated heterocycles. The van der Waals surface area contributed by atoms with Gasteiger partial charge in [-0.05, 0) is 23.8 Å². The zero-order valence-electron chi connectivity index (χ0n) is 10.9. The van der Waals surface area contributed by atoms with Gasteiger partial charge in [0, 0.05) is 5.56 Å². The Kier molecular flexibility index (Phi) is 3.27. The summed E-state index contributed by atoms with van der Waals surface area (Å²) in [7, 11) is 0. The van der Waals surface area contributed by atoms with E-state index in [1.165, 1.54) is 0 Å². The van der Waals surface area contributed by atoms with Crippen molar-refractivity contribution in [1.82, 2.24) is 0 Å². The number of anilines is 1. The van der Waals surface area contributed by atoms with Crippen LogP contribution in [0, 0.1) is 11.3 Å². The van der Waals surface area contributed by atoms with Gasteiger partial charge in [-0.2, -0.15) is 10.4 Å². The first-order valence-corrected chi connectivity index (χ1v) is 6.30. The summed E-state index contributed by atoms with van der Waals surface area (Å²) >= 11 is 0. The first-order chi connectivity index (χ1) is 10.3. The number of nitrogens with zero attached hydrogens (tertiary/aromatic N) is 3. The van der Waals surface area contributed by atoms with E-state index in [2.05, 4.69) is 15.5 Å². The summed E-state index contributed by atoms with van der Waals surface area (Å²) in [6, 6.07) is 16.3. The molecule has 0 fully saturated rings. The maximum atomic E-state index is 11.8. The fourth-order valence-electron chi connectivity index (χ4n) is 2.00. The second-order valence-electron chi connectivity index (χ2n) is 4.43. The van der Waals surface area contributed by atoms with Gasteiger partial charge in [0.15, 0.2) is 5.71 Å². The molecule has 1 amide bonds. The number of carbonyl (C=O) groups excluding carboxylic acids is 1. The number of nitrogens with one attached hydrogen (secondary N) is 1. The van der Waals surface area contributed by atoms with Gasteiger partial charge in [-0.3, -0.25) is 4.79 Å². The van der Waals surface area contributed by atoms with Crippen molar-refractivity contribution < 1.29 is 4.79 Å². The van der Waals surface area contributed by atoms with Gasteiger partial charge in [0.2, 0.25) is 0 Å². The zero-order chi connectivity index (χ0) is 14.7. The topological polar surface area (TPSA) is 77.6 Å². The van der Waals surface area contributed by atoms with Crippen molar-refractivity contribution in [3.63, 3.8) is 0 Å². The maximum Gasteiger partial charge on any atom is 0.276 e. The Labute approximate surface area is 121 Å². The fraction of sp³-hybridized carbons (Fsp3) is 0. The Morgan fingerprint density at radius 1 is 1.10 bits per heavy atom. The Bertz CT molecular complexity index is 798. The lowest BCUT2D eigenvalue weighted by Crippen LogP contribution is -2.13. The van der Waals surface area contributed by atoms with E-state index in [-0.39, 0.29) is 5.91 Å². The molecule has 2 aromatic rings. The van der Waals surface area contributed by atoms with E-state index in [1.54, 1.807) is 30.5 Å². The molecule has 0 spiro atoms. The van der Waals surface area contributed by atoms with Crippen molar-refractivity contribution in [2.45, 2.75) is 0 Å². The van der Waals surface area contributed by atoms with Crippen LogP contribution in [0.3, 0.4) is 0 Å². The van der Waals surface area contributed by atoms with E-state index in [1.807, 2.05) is 30.3 Å². The minimum Gasteiger partial charge on any atom is -0.320 e. The monoisotopic (exact) mass is 274 g/mol. The van der Waals surface area contributed by atoms with Gasteiger partial charge in [-0.1, -0.05) is 30.3 Å². The molecule has 1 heterocycles. The normalized spacial score (nSPS) is 15.0. The van der Waals surface area contributed by atoms with E-state index in [4.69, 9.17) is 5.26 Å². The van der Waals surface area contributed by atoms with Crippen molar-refractivity contribution in [1.29, 1.82) is 5.26 Å². The Balaban J connectivity index is 1.84. The molecule has 2 aromatic carbocycles. The summed E-state index contributed by atoms with van der Waals surface area (Å²) in [4.78, 5) is 11.8. The van der Waals surface area contributed by atoms with Crippen LogP contribution in [-0.2, 0) is 4.79 Å². The summed E-state index contributed by atoms with van der Waals surface area (Å²) < 4.78 is 0. The molecule has 1 aliphatic heterocycles. The molecule has 5 nitrogen and oxygen atoms in total. The molecule has 1 aliphatic rings. The third-order valence-electron chi connectivity index (χ3n) is 3.05. The highest BCUT2D eigenvalue weighted by atomic mass is 16.2. The number of hydrogen-bond donors (Lipinski definition) is 1. The third kappa shape index (κ3) is 2.55. The summed E-state index contributed by atoms with van der Waals surface area (Å²) in [6.45, 7) is 0. The number of amides is 1. The maximum absolute atomic E-state index is 11.8. The lowest BCUT2D eigenvalue weighted by molar-refractivity contribution is -0.110. The number of nitriles is 1. The summed E-state index contributed by atoms with van der Waals surface area (Å²) in [5, 5.41) is 19.4. The minimum absolute atomic E-state index is 0.256. The van der Waals surface area contributed by atoms with E-state index in [9.17, 15) is 4.79 Å². The summed E-state index contributed by atoms with van der Waals surface area (Å²) in [5.74, 6) is -0.256. The van der Waals surface area contributed by atoms with Crippen LogP contribution in [0.25, 0.3) is 0 Å². The lowest BCUT2D eigenvalue weighted by atomic mass is 10.1. The lowest BCUT2D eigenvalue weighted by Gasteiger charge is -1.94. The first kappa shape index (κ1) is 12.8. The number of para-hydroxylation sites is 1. The van der Waals surface area contributed by atoms with Gasteiger partial charge in [-0.15, -0.1) is 5.10 Å². The van der Waals surface area contributed by atoms with Gasteiger partial charge in [0.25, 0.3) is 5.91 Å². The first-order valence-electron chi connectivity index (χ1n) is 6.30. The largest absolute Gasteiger partial charge is 0.320 e. The number of fused-ring (bicyclic) bond motifs is 1. The molecule has 100 valence electrons. The fourth-order valence-corrected chi connectivity index (χ4v) is 2.00. The van der Waals surface area contributed by atoms with Crippen LogP contribution in [0.5, 0.6) is 0 Å². The van der Waals surface area contributed by atoms with Gasteiger partial charge in [0.05, 0.1) is 23.5 Å². The number of benzene rings is 2. The average Bonchev–Trinajstić information content (AvgIpc) is 2.84. The number of hydrogen-bond acceptors (Lipinski definition) is 4. The average molecular weight is 274 g/mol. The second kappa shape index (κ2) is 5.39. The third-order valence-corrected chi connectivity index (χ3v) is 3.05. The van der Waals surface area contributed by atoms with Crippen molar-refractivity contribution in [3.8, 4) is 6.07 Å². The smallest absolute Gasteiger partial charge is 0.276 e. The summed E-state index contributed by atoms with van der Waals surface area (Å²) in [5.41, 5.74) is 3.19. The molecule has 5 heteroatoms. The molecule has 1 N–H and O–H groups in total. The van der Waals surface area contributed by atoms with E-state index < -0.39 is 0 Å². The van der Waals surface area contributed by atoms with Gasteiger partial charge < -0.3 is 5.32 Å². The molecule has 0 atom stereocenters. The van der Waals surface area contributed by atoms with Crippen molar-refractivity contribution >= 4 is 23.5 Å². The molecule has 21 heavy (non-hydrogen) atoms. The van der Waals surface area contributed by atoms with Crippen LogP contribution in [-0.4, -0.2) is 17.8 Å². The number of carbonyl (C=O) groups is 1. The van der Waals surface area contributed by atoms with E-state index >= 15 is 0 Å². The molecule has 0 unspecified atom stereocenters. The Morgan fingerprint density at radius 2 is 1.86 bits per heavy atom. The van der Waals surface area contributed by atoms with Crippen LogP contribution in [0.4, 0.5) is 5.69 Å². The molecule has 0 aromatic heterocycles. The van der Waals surface area contributed by atoms with Crippen molar-refractivity contribution in [2.24, 2.45) is 10.2 Å². The van der Waals surface area contributed by atoms with E-state index in [0.717, 1.165) is 16.8 Å². The predicted octanol–water partition coefficient (Wildman–Crippen LogP) is 2.33. The molecular formula is C16H10N4O. The summed E-state index contributed by atoms with van der Waals surface area (Å²) in [6.07, 6.45) is 1.54. The minimum atomic E-state index is -0.256. The zero-order valence-corrected chi connectivity index (χ0v) is 10.9. The molecule has 0 radical (unpaired) electrons. The highest BCUT2D eigenvalue weighted by Gasteiger charge is 2.25. The Morgan fingerprint density at radius 3 is 2.62 bits per heavy atom. The molecule has 0 aliphatic carbocycles. The highest BCUT2D eigenvalue weighted by molar-refractivity contribution is 6.53. The van der Waals surface area contributed by atoms with Gasteiger partial charge >= 0.3 is 0 Å². The van der Waals surface area contributed by atoms with Crippen LogP contribution in [0.1, 0.15) is 16.7 Å². The van der Waals surface area contributed by atoms with Crippen molar-refractivity contribution in [2.75, 3.05) is 5.32 Å². The SMILES string of the molecule is N#Cc1ccc(/C=N/N=C2\C(=O)Nc3ccccc32)cc1. The number of rotatable bonds is 2. The van der Waals surface area contributed by atoms with Crippen LogP contribution >= 0.6 is 0 Å². The van der Waals surface area contributed by atoms with Crippen LogP contribution in [0.2, 0.25) is 0 Å². The van der Waals surface area contributed by atoms with Gasteiger partial charge in [0.1, 0.15) is 0 Å². The quantitative estimate of drug-likeness (QED) is 0.674.